The monoisotopic (exact) mass is 490 g/mol. The minimum absolute atomic E-state index is 0.106. The Balaban J connectivity index is 1.64. The molecule has 0 fully saturated rings. The van der Waals surface area contributed by atoms with Crippen LogP contribution in [0.15, 0.2) is 59.2 Å². The van der Waals surface area contributed by atoms with E-state index in [1.807, 2.05) is 55.5 Å². The first kappa shape index (κ1) is 20.3. The highest BCUT2D eigenvalue weighted by Gasteiger charge is 2.34. The number of hydrogen-bond donors (Lipinski definition) is 1. The van der Waals surface area contributed by atoms with Crippen molar-refractivity contribution in [2.75, 3.05) is 12.4 Å². The smallest absolute Gasteiger partial charge is 0.272 e. The molecule has 1 aliphatic heterocycles. The number of rotatable bonds is 4. The number of anilines is 1. The minimum atomic E-state index is -0.192. The molecule has 3 heterocycles. The Hall–Kier alpha value is -3.59. The van der Waals surface area contributed by atoms with Crippen molar-refractivity contribution < 1.29 is 9.53 Å². The fraction of sp³-hybridized carbons (Fsp3) is 0.174. The lowest BCUT2D eigenvalue weighted by Gasteiger charge is -2.25. The van der Waals surface area contributed by atoms with Crippen LogP contribution < -0.4 is 10.1 Å². The van der Waals surface area contributed by atoms with Gasteiger partial charge in [0.15, 0.2) is 0 Å². The summed E-state index contributed by atoms with van der Waals surface area (Å²) in [6.45, 7) is 1.92. The van der Waals surface area contributed by atoms with Gasteiger partial charge in [0.05, 0.1) is 24.7 Å². The van der Waals surface area contributed by atoms with Crippen LogP contribution in [0.3, 0.4) is 0 Å². The van der Waals surface area contributed by atoms with E-state index < -0.39 is 0 Å². The molecule has 0 spiro atoms. The van der Waals surface area contributed by atoms with Crippen LogP contribution in [0.1, 0.15) is 29.2 Å². The molecule has 0 bridgehead atoms. The van der Waals surface area contributed by atoms with Crippen molar-refractivity contribution in [3.63, 3.8) is 0 Å². The lowest BCUT2D eigenvalue weighted by molar-refractivity contribution is -0.116. The Labute approximate surface area is 192 Å². The zero-order valence-electron chi connectivity index (χ0n) is 17.4. The normalized spacial score (nSPS) is 15.2. The molecule has 8 nitrogen and oxygen atoms in total. The standard InChI is InChI=1S/C23H19BrN6O2/c1-13-21-17(16-10-15(32-2)8-9-18(16)24)11-20(31)27-22(21)30(29-13)23-26-19(12-25-28-23)14-6-4-3-5-7-14/h3-10,12,17H,11H2,1-2H3,(H,27,31)/t17-/m0/s1. The summed E-state index contributed by atoms with van der Waals surface area (Å²) in [4.78, 5) is 17.4. The van der Waals surface area contributed by atoms with Crippen LogP contribution in [0.25, 0.3) is 17.2 Å². The third-order valence-corrected chi connectivity index (χ3v) is 6.21. The van der Waals surface area contributed by atoms with E-state index in [4.69, 9.17) is 4.74 Å². The van der Waals surface area contributed by atoms with Crippen LogP contribution in [0.2, 0.25) is 0 Å². The molecule has 2 aromatic heterocycles. The number of aryl methyl sites for hydroxylation is 1. The van der Waals surface area contributed by atoms with Gasteiger partial charge in [0.1, 0.15) is 11.6 Å². The summed E-state index contributed by atoms with van der Waals surface area (Å²) in [6, 6.07) is 15.5. The predicted octanol–water partition coefficient (Wildman–Crippen LogP) is 4.28. The zero-order chi connectivity index (χ0) is 22.2. The quantitative estimate of drug-likeness (QED) is 0.458. The number of nitrogens with zero attached hydrogens (tertiary/aromatic N) is 5. The lowest BCUT2D eigenvalue weighted by Crippen LogP contribution is -2.25. The van der Waals surface area contributed by atoms with E-state index in [1.165, 1.54) is 0 Å². The van der Waals surface area contributed by atoms with E-state index in [1.54, 1.807) is 18.0 Å². The molecule has 0 aliphatic carbocycles. The number of nitrogens with one attached hydrogen (secondary N) is 1. The molecule has 0 saturated carbocycles. The number of aromatic nitrogens is 5. The molecule has 9 heteroatoms. The van der Waals surface area contributed by atoms with Crippen molar-refractivity contribution in [1.82, 2.24) is 25.0 Å². The van der Waals surface area contributed by atoms with Gasteiger partial charge in [0.2, 0.25) is 5.91 Å². The number of halogens is 1. The lowest BCUT2D eigenvalue weighted by atomic mass is 9.85. The maximum absolute atomic E-state index is 12.7. The summed E-state index contributed by atoms with van der Waals surface area (Å²) in [5, 5.41) is 15.9. The molecule has 1 aliphatic rings. The summed E-state index contributed by atoms with van der Waals surface area (Å²) < 4.78 is 7.87. The highest BCUT2D eigenvalue weighted by atomic mass is 79.9. The largest absolute Gasteiger partial charge is 0.497 e. The summed E-state index contributed by atoms with van der Waals surface area (Å²) >= 11 is 3.63. The van der Waals surface area contributed by atoms with Gasteiger partial charge in [-0.1, -0.05) is 46.3 Å². The van der Waals surface area contributed by atoms with E-state index in [0.29, 0.717) is 23.9 Å². The first-order valence-corrected chi connectivity index (χ1v) is 10.8. The van der Waals surface area contributed by atoms with Crippen LogP contribution in [-0.4, -0.2) is 38.0 Å². The van der Waals surface area contributed by atoms with E-state index in [0.717, 1.165) is 32.6 Å². The number of amides is 1. The van der Waals surface area contributed by atoms with E-state index in [9.17, 15) is 4.79 Å². The third-order valence-electron chi connectivity index (χ3n) is 5.49. The van der Waals surface area contributed by atoms with E-state index in [-0.39, 0.29) is 11.8 Å². The number of benzene rings is 2. The SMILES string of the molecule is COc1ccc(Br)c([C@@H]2CC(=O)Nc3c2c(C)nn3-c2nncc(-c3ccccc3)n2)c1. The number of fused-ring (bicyclic) bond motifs is 1. The van der Waals surface area contributed by atoms with Crippen LogP contribution in [-0.2, 0) is 4.79 Å². The van der Waals surface area contributed by atoms with Crippen molar-refractivity contribution >= 4 is 27.7 Å². The molecule has 1 atom stereocenters. The first-order chi connectivity index (χ1) is 15.5. The highest BCUT2D eigenvalue weighted by molar-refractivity contribution is 9.10. The minimum Gasteiger partial charge on any atom is -0.497 e. The molecule has 160 valence electrons. The molecule has 2 aromatic carbocycles. The van der Waals surface area contributed by atoms with Gasteiger partial charge in [0.25, 0.3) is 5.95 Å². The van der Waals surface area contributed by atoms with Crippen molar-refractivity contribution in [2.45, 2.75) is 19.3 Å². The van der Waals surface area contributed by atoms with Crippen molar-refractivity contribution in [2.24, 2.45) is 0 Å². The van der Waals surface area contributed by atoms with Gasteiger partial charge in [-0.2, -0.15) is 14.9 Å². The van der Waals surface area contributed by atoms with E-state index >= 15 is 0 Å². The second kappa shape index (κ2) is 8.16. The molecule has 0 unspecified atom stereocenters. The second-order valence-electron chi connectivity index (χ2n) is 7.46. The number of carbonyl (C=O) groups is 1. The fourth-order valence-corrected chi connectivity index (χ4v) is 4.53. The Morgan fingerprint density at radius 2 is 2.00 bits per heavy atom. The van der Waals surface area contributed by atoms with Gasteiger partial charge in [-0.3, -0.25) is 4.79 Å². The average molecular weight is 491 g/mol. The topological polar surface area (TPSA) is 94.8 Å². The molecule has 4 aromatic rings. The number of methoxy groups -OCH3 is 1. The van der Waals surface area contributed by atoms with Gasteiger partial charge in [-0.05, 0) is 30.7 Å². The molecular weight excluding hydrogens is 472 g/mol. The highest BCUT2D eigenvalue weighted by Crippen LogP contribution is 2.43. The Morgan fingerprint density at radius 1 is 1.19 bits per heavy atom. The predicted molar refractivity (Wildman–Crippen MR) is 123 cm³/mol. The maximum atomic E-state index is 12.7. The average Bonchev–Trinajstić information content (AvgIpc) is 3.15. The van der Waals surface area contributed by atoms with Crippen molar-refractivity contribution in [3.05, 3.63) is 76.0 Å². The van der Waals surface area contributed by atoms with E-state index in [2.05, 4.69) is 41.5 Å². The Bertz CT molecular complexity index is 1320. The molecule has 0 radical (unpaired) electrons. The third kappa shape index (κ3) is 3.54. The van der Waals surface area contributed by atoms with Crippen LogP contribution >= 0.6 is 15.9 Å². The Morgan fingerprint density at radius 3 is 2.78 bits per heavy atom. The number of carbonyl (C=O) groups excluding carboxylic acids is 1. The number of ether oxygens (including phenoxy) is 1. The van der Waals surface area contributed by atoms with Crippen molar-refractivity contribution in [3.8, 4) is 23.0 Å². The molecule has 32 heavy (non-hydrogen) atoms. The molecule has 5 rings (SSSR count). The molecule has 1 amide bonds. The summed E-state index contributed by atoms with van der Waals surface area (Å²) in [7, 11) is 1.62. The molecule has 1 N–H and O–H groups in total. The summed E-state index contributed by atoms with van der Waals surface area (Å²) in [5.41, 5.74) is 4.26. The molecule has 0 saturated heterocycles. The zero-order valence-corrected chi connectivity index (χ0v) is 19.0. The van der Waals surface area contributed by atoms with Crippen LogP contribution in [0, 0.1) is 6.92 Å². The summed E-state index contributed by atoms with van der Waals surface area (Å²) in [5.74, 6) is 1.28. The Kier molecular flexibility index (Phi) is 5.18. The summed E-state index contributed by atoms with van der Waals surface area (Å²) in [6.07, 6.45) is 1.91. The van der Waals surface area contributed by atoms with Crippen LogP contribution in [0.5, 0.6) is 5.75 Å². The number of hydrogen-bond acceptors (Lipinski definition) is 6. The van der Waals surface area contributed by atoms with Crippen LogP contribution in [0.4, 0.5) is 5.82 Å². The first-order valence-electron chi connectivity index (χ1n) is 10.0. The fourth-order valence-electron chi connectivity index (χ4n) is 4.01. The molecular formula is C23H19BrN6O2. The van der Waals surface area contributed by atoms with Gasteiger partial charge in [-0.15, -0.1) is 5.10 Å². The van der Waals surface area contributed by atoms with Gasteiger partial charge in [-0.25, -0.2) is 4.98 Å². The second-order valence-corrected chi connectivity index (χ2v) is 8.31. The van der Waals surface area contributed by atoms with Gasteiger partial charge in [0, 0.05) is 27.9 Å². The van der Waals surface area contributed by atoms with Gasteiger partial charge < -0.3 is 10.1 Å². The van der Waals surface area contributed by atoms with Gasteiger partial charge >= 0.3 is 0 Å². The van der Waals surface area contributed by atoms with Crippen molar-refractivity contribution in [1.29, 1.82) is 0 Å². The maximum Gasteiger partial charge on any atom is 0.272 e.